The van der Waals surface area contributed by atoms with Crippen LogP contribution >= 0.6 is 11.6 Å². The number of nitrogens with zero attached hydrogens (tertiary/aromatic N) is 2. The number of aliphatic hydroxyl groups is 1. The second kappa shape index (κ2) is 6.50. The minimum atomic E-state index is -2.18. The van der Waals surface area contributed by atoms with E-state index in [-0.39, 0.29) is 6.42 Å². The van der Waals surface area contributed by atoms with Gasteiger partial charge in [-0.2, -0.15) is 0 Å². The van der Waals surface area contributed by atoms with Crippen molar-refractivity contribution < 1.29 is 14.7 Å². The molecule has 2 amide bonds. The van der Waals surface area contributed by atoms with E-state index in [0.717, 1.165) is 0 Å². The Kier molecular flexibility index (Phi) is 4.54. The average Bonchev–Trinajstić information content (AvgIpc) is 2.62. The molecule has 0 radical (unpaired) electrons. The Bertz CT molecular complexity index is 825. The molecule has 1 aliphatic heterocycles. The van der Waals surface area contributed by atoms with Crippen molar-refractivity contribution >= 4 is 34.8 Å². The molecule has 0 saturated heterocycles. The summed E-state index contributed by atoms with van der Waals surface area (Å²) in [6.07, 6.45) is -0.145. The predicted octanol–water partition coefficient (Wildman–Crippen LogP) is 2.64. The van der Waals surface area contributed by atoms with E-state index in [9.17, 15) is 14.7 Å². The SMILES string of the molecule is CCN(C(=O)C1(O)Cc2c(Cl)cccc2N(C)C1=O)c1ccccc1. The zero-order chi connectivity index (χ0) is 18.2. The van der Waals surface area contributed by atoms with Crippen LogP contribution in [0.1, 0.15) is 12.5 Å². The van der Waals surface area contributed by atoms with Gasteiger partial charge in [0.1, 0.15) is 0 Å². The summed E-state index contributed by atoms with van der Waals surface area (Å²) in [5, 5.41) is 11.5. The highest BCUT2D eigenvalue weighted by Gasteiger charge is 2.52. The maximum absolute atomic E-state index is 13.1. The molecule has 6 heteroatoms. The summed E-state index contributed by atoms with van der Waals surface area (Å²) in [6, 6.07) is 14.1. The van der Waals surface area contributed by atoms with Crippen LogP contribution in [-0.2, 0) is 16.0 Å². The first-order valence-electron chi connectivity index (χ1n) is 8.05. The molecule has 0 saturated carbocycles. The molecular formula is C19H19ClN2O3. The summed E-state index contributed by atoms with van der Waals surface area (Å²) in [4.78, 5) is 28.6. The highest BCUT2D eigenvalue weighted by atomic mass is 35.5. The molecule has 0 fully saturated rings. The lowest BCUT2D eigenvalue weighted by molar-refractivity contribution is -0.150. The number of anilines is 2. The lowest BCUT2D eigenvalue weighted by atomic mass is 9.86. The summed E-state index contributed by atoms with van der Waals surface area (Å²) >= 11 is 6.24. The van der Waals surface area contributed by atoms with Crippen LogP contribution in [0.5, 0.6) is 0 Å². The molecule has 1 N–H and O–H groups in total. The van der Waals surface area contributed by atoms with Gasteiger partial charge in [-0.05, 0) is 36.8 Å². The summed E-state index contributed by atoms with van der Waals surface area (Å²) in [7, 11) is 1.54. The Morgan fingerprint density at radius 3 is 2.56 bits per heavy atom. The number of rotatable bonds is 3. The van der Waals surface area contributed by atoms with E-state index < -0.39 is 17.4 Å². The van der Waals surface area contributed by atoms with Crippen LogP contribution < -0.4 is 9.80 Å². The van der Waals surface area contributed by atoms with E-state index in [1.54, 1.807) is 49.4 Å². The van der Waals surface area contributed by atoms with Crippen molar-refractivity contribution in [3.05, 3.63) is 59.1 Å². The van der Waals surface area contributed by atoms with Crippen molar-refractivity contribution in [1.29, 1.82) is 0 Å². The van der Waals surface area contributed by atoms with Gasteiger partial charge < -0.3 is 14.9 Å². The second-order valence-corrected chi connectivity index (χ2v) is 6.43. The van der Waals surface area contributed by atoms with Gasteiger partial charge in [-0.3, -0.25) is 9.59 Å². The Balaban J connectivity index is 2.04. The molecule has 3 rings (SSSR count). The van der Waals surface area contributed by atoms with Gasteiger partial charge in [0.25, 0.3) is 11.8 Å². The molecule has 0 spiro atoms. The largest absolute Gasteiger partial charge is 0.371 e. The van der Waals surface area contributed by atoms with Gasteiger partial charge in [-0.25, -0.2) is 0 Å². The monoisotopic (exact) mass is 358 g/mol. The number of fused-ring (bicyclic) bond motifs is 1. The third-order valence-corrected chi connectivity index (χ3v) is 4.88. The fourth-order valence-electron chi connectivity index (χ4n) is 3.20. The average molecular weight is 359 g/mol. The van der Waals surface area contributed by atoms with Gasteiger partial charge >= 0.3 is 0 Å². The zero-order valence-corrected chi connectivity index (χ0v) is 14.8. The topological polar surface area (TPSA) is 60.9 Å². The molecule has 1 aliphatic rings. The third kappa shape index (κ3) is 2.79. The predicted molar refractivity (Wildman–Crippen MR) is 98.0 cm³/mol. The summed E-state index contributed by atoms with van der Waals surface area (Å²) in [5.74, 6) is -1.30. The molecule has 5 nitrogen and oxygen atoms in total. The molecule has 2 aromatic carbocycles. The Morgan fingerprint density at radius 1 is 1.24 bits per heavy atom. The van der Waals surface area contributed by atoms with Crippen LogP contribution in [0.2, 0.25) is 5.02 Å². The van der Waals surface area contributed by atoms with Crippen molar-refractivity contribution in [1.82, 2.24) is 0 Å². The molecule has 1 heterocycles. The number of benzene rings is 2. The van der Waals surface area contributed by atoms with Crippen LogP contribution in [0.3, 0.4) is 0 Å². The van der Waals surface area contributed by atoms with Crippen LogP contribution in [0.25, 0.3) is 0 Å². The van der Waals surface area contributed by atoms with Crippen molar-refractivity contribution in [2.24, 2.45) is 0 Å². The van der Waals surface area contributed by atoms with E-state index in [4.69, 9.17) is 11.6 Å². The standard InChI is InChI=1S/C19H19ClN2O3/c1-3-22(13-8-5-4-6-9-13)18(24)19(25)12-14-15(20)10-7-11-16(14)21(2)17(19)23/h4-11,25H,3,12H2,1-2H3. The number of hydrogen-bond donors (Lipinski definition) is 1. The molecule has 0 bridgehead atoms. The van der Waals surface area contributed by atoms with E-state index in [2.05, 4.69) is 0 Å². The minimum absolute atomic E-state index is 0.145. The molecular weight excluding hydrogens is 340 g/mol. The normalized spacial score (nSPS) is 19.5. The molecule has 25 heavy (non-hydrogen) atoms. The third-order valence-electron chi connectivity index (χ3n) is 4.53. The highest BCUT2D eigenvalue weighted by Crippen LogP contribution is 2.37. The molecule has 0 aliphatic carbocycles. The van der Waals surface area contributed by atoms with E-state index in [1.165, 1.54) is 16.8 Å². The van der Waals surface area contributed by atoms with Crippen molar-refractivity contribution in [3.63, 3.8) is 0 Å². The first-order chi connectivity index (χ1) is 11.9. The number of hydrogen-bond acceptors (Lipinski definition) is 3. The van der Waals surface area contributed by atoms with Crippen molar-refractivity contribution in [3.8, 4) is 0 Å². The number of carbonyl (C=O) groups is 2. The van der Waals surface area contributed by atoms with Gasteiger partial charge in [-0.1, -0.05) is 35.9 Å². The van der Waals surface area contributed by atoms with Gasteiger partial charge in [0.15, 0.2) is 0 Å². The number of para-hydroxylation sites is 1. The Labute approximate surface area is 151 Å². The van der Waals surface area contributed by atoms with Gasteiger partial charge in [0.2, 0.25) is 5.60 Å². The van der Waals surface area contributed by atoms with Gasteiger partial charge in [0.05, 0.1) is 0 Å². The lowest BCUT2D eigenvalue weighted by Gasteiger charge is -2.39. The minimum Gasteiger partial charge on any atom is -0.371 e. The molecule has 2 aromatic rings. The molecule has 1 unspecified atom stereocenters. The van der Waals surface area contributed by atoms with Crippen molar-refractivity contribution in [2.75, 3.05) is 23.4 Å². The molecule has 130 valence electrons. The quantitative estimate of drug-likeness (QED) is 0.858. The van der Waals surface area contributed by atoms with Crippen LogP contribution in [0, 0.1) is 0 Å². The first kappa shape index (κ1) is 17.5. The highest BCUT2D eigenvalue weighted by molar-refractivity contribution is 6.32. The number of carbonyl (C=O) groups excluding carboxylic acids is 2. The fraction of sp³-hybridized carbons (Fsp3) is 0.263. The smallest absolute Gasteiger partial charge is 0.269 e. The fourth-order valence-corrected chi connectivity index (χ4v) is 3.43. The number of halogens is 1. The Hall–Kier alpha value is -2.37. The summed E-state index contributed by atoms with van der Waals surface area (Å²) in [6.45, 7) is 2.13. The summed E-state index contributed by atoms with van der Waals surface area (Å²) in [5.41, 5.74) is -0.355. The van der Waals surface area contributed by atoms with Gasteiger partial charge in [0, 0.05) is 36.4 Å². The second-order valence-electron chi connectivity index (χ2n) is 6.02. The van der Waals surface area contributed by atoms with Crippen LogP contribution in [0.15, 0.2) is 48.5 Å². The maximum Gasteiger partial charge on any atom is 0.269 e. The molecule has 0 aromatic heterocycles. The maximum atomic E-state index is 13.1. The van der Waals surface area contributed by atoms with E-state index >= 15 is 0 Å². The first-order valence-corrected chi connectivity index (χ1v) is 8.43. The number of amides is 2. The van der Waals surface area contributed by atoms with Gasteiger partial charge in [-0.15, -0.1) is 0 Å². The summed E-state index contributed by atoms with van der Waals surface area (Å²) < 4.78 is 0. The zero-order valence-electron chi connectivity index (χ0n) is 14.1. The number of likely N-dealkylation sites (N-methyl/N-ethyl adjacent to an activating group) is 2. The molecule has 1 atom stereocenters. The van der Waals surface area contributed by atoms with Crippen LogP contribution in [-0.4, -0.2) is 36.1 Å². The lowest BCUT2D eigenvalue weighted by Crippen LogP contribution is -2.62. The van der Waals surface area contributed by atoms with E-state index in [1.807, 2.05) is 6.07 Å². The Morgan fingerprint density at radius 2 is 1.92 bits per heavy atom. The van der Waals surface area contributed by atoms with Crippen LogP contribution in [0.4, 0.5) is 11.4 Å². The van der Waals surface area contributed by atoms with E-state index in [0.29, 0.717) is 28.5 Å². The van der Waals surface area contributed by atoms with Crippen molar-refractivity contribution in [2.45, 2.75) is 18.9 Å².